The van der Waals surface area contributed by atoms with E-state index >= 15 is 0 Å². The molecule has 0 spiro atoms. The standard InChI is InChI=1S/C26H28N2O2.C25H26FN3O3.C25H25FN2O2.C24H23F2N3O3/c1-4-6-26(30)28(3)24-15-12-22(13-16-24)21-8-10-23(11-9-21)25(29)17-14-20-7-5-18-27-19(20)2;1-5-32-25(31)29(4)23-12-9-19(14-21(23)26)20-8-11-22(27-15-20)24(30)13-10-18-7-6-16(2)28-17(18)3;1-3-5-24(30)28(2)22-14-11-19(12-15-22)18-7-9-20(10-8-18)23(29)16-13-21-6-4-17-27-25(21)26;1-4-32-24(31)29(3)21-10-6-17(13-19(21)25)18-5-9-20(27-14-18)22(30)11-7-16-8-12-23(26)28-15(16)2/h5,7-13,15-16,18H,4,6,14,17H2,1-3H3;6-9,11-12,14-15H,5,10,13H2,1-4H3;4,6-12,14-15,17H,3,5,13,16H2,1-2H3;5-6,8-10,12-14H,4,7,11H2,1-3H3. The highest BCUT2D eigenvalue weighted by Gasteiger charge is 2.22. The fourth-order valence-corrected chi connectivity index (χ4v) is 13.2. The number of anilines is 4. The number of aromatic nitrogens is 6. The van der Waals surface area contributed by atoms with Crippen LogP contribution < -0.4 is 19.6 Å². The Kier molecular flexibility index (Phi) is 35.0. The fourth-order valence-electron chi connectivity index (χ4n) is 13.2. The number of aryl methyl sites for hydroxylation is 8. The smallest absolute Gasteiger partial charge is 0.414 e. The van der Waals surface area contributed by atoms with Crippen LogP contribution in [0.3, 0.4) is 0 Å². The minimum absolute atomic E-state index is 0.0313. The highest BCUT2D eigenvalue weighted by atomic mass is 19.1. The van der Waals surface area contributed by atoms with Gasteiger partial charge in [0.15, 0.2) is 23.1 Å². The van der Waals surface area contributed by atoms with Gasteiger partial charge in [-0.2, -0.15) is 8.78 Å². The summed E-state index contributed by atoms with van der Waals surface area (Å²) < 4.78 is 65.6. The van der Waals surface area contributed by atoms with E-state index in [0.717, 1.165) is 95.6 Å². The van der Waals surface area contributed by atoms with Gasteiger partial charge in [0.1, 0.15) is 23.0 Å². The molecule has 0 radical (unpaired) electrons. The van der Waals surface area contributed by atoms with Gasteiger partial charge >= 0.3 is 12.2 Å². The summed E-state index contributed by atoms with van der Waals surface area (Å²) in [7, 11) is 6.47. The summed E-state index contributed by atoms with van der Waals surface area (Å²) in [5.74, 6) is -2.10. The van der Waals surface area contributed by atoms with Crippen molar-refractivity contribution in [3.05, 3.63) is 322 Å². The average Bonchev–Trinajstić information content (AvgIpc) is 0.830. The monoisotopic (exact) mass is 1680 g/mol. The second kappa shape index (κ2) is 46.2. The minimum Gasteiger partial charge on any atom is -0.449 e. The van der Waals surface area contributed by atoms with E-state index in [1.165, 1.54) is 56.8 Å². The molecule has 0 saturated heterocycles. The molecular formula is C100H102F4N10O10. The predicted octanol–water partition coefficient (Wildman–Crippen LogP) is 21.5. The maximum atomic E-state index is 14.6. The van der Waals surface area contributed by atoms with Gasteiger partial charge in [-0.3, -0.25) is 58.5 Å². The molecule has 124 heavy (non-hydrogen) atoms. The van der Waals surface area contributed by atoms with Gasteiger partial charge in [0.25, 0.3) is 0 Å². The second-order valence-electron chi connectivity index (χ2n) is 29.3. The third-order valence-electron chi connectivity index (χ3n) is 20.7. The molecule has 12 aromatic rings. The number of ether oxygens (including phenoxy) is 2. The van der Waals surface area contributed by atoms with Crippen LogP contribution in [-0.2, 0) is 44.7 Å². The summed E-state index contributed by atoms with van der Waals surface area (Å²) in [6, 6.07) is 60.5. The van der Waals surface area contributed by atoms with Crippen LogP contribution in [0.2, 0.25) is 0 Å². The zero-order valence-electron chi connectivity index (χ0n) is 71.9. The zero-order chi connectivity index (χ0) is 89.5. The molecule has 6 heterocycles. The lowest BCUT2D eigenvalue weighted by molar-refractivity contribution is -0.119. The van der Waals surface area contributed by atoms with Crippen molar-refractivity contribution in [2.24, 2.45) is 0 Å². The first-order chi connectivity index (χ1) is 59.6. The summed E-state index contributed by atoms with van der Waals surface area (Å²) in [5, 5.41) is 0. The van der Waals surface area contributed by atoms with Crippen LogP contribution in [0.25, 0.3) is 44.5 Å². The van der Waals surface area contributed by atoms with Crippen molar-refractivity contribution in [3.8, 4) is 44.5 Å². The summed E-state index contributed by atoms with van der Waals surface area (Å²) in [6.07, 6.45) is 11.0. The Morgan fingerprint density at radius 3 is 1.07 bits per heavy atom. The first-order valence-corrected chi connectivity index (χ1v) is 41.0. The van der Waals surface area contributed by atoms with Crippen molar-refractivity contribution in [3.63, 3.8) is 0 Å². The first kappa shape index (κ1) is 94.0. The molecule has 24 heteroatoms. The number of halogens is 4. The number of rotatable bonds is 30. The number of amides is 4. The Morgan fingerprint density at radius 2 is 0.702 bits per heavy atom. The lowest BCUT2D eigenvalue weighted by atomic mass is 9.99. The van der Waals surface area contributed by atoms with E-state index in [1.807, 2.05) is 144 Å². The van der Waals surface area contributed by atoms with Crippen LogP contribution in [0.5, 0.6) is 0 Å². The molecule has 0 saturated carbocycles. The molecule has 0 N–H and O–H groups in total. The number of ketones is 4. The van der Waals surface area contributed by atoms with Crippen molar-refractivity contribution >= 4 is 69.9 Å². The molecule has 0 fully saturated rings. The number of hydrogen-bond donors (Lipinski definition) is 0. The Labute approximate surface area is 721 Å². The van der Waals surface area contributed by atoms with Gasteiger partial charge in [-0.15, -0.1) is 0 Å². The maximum Gasteiger partial charge on any atom is 0.414 e. The number of Topliss-reactive ketones (excluding diaryl/α,β-unsaturated/α-hetero) is 4. The van der Waals surface area contributed by atoms with E-state index in [-0.39, 0.29) is 72.4 Å². The minimum atomic E-state index is -0.643. The highest BCUT2D eigenvalue weighted by Crippen LogP contribution is 2.32. The summed E-state index contributed by atoms with van der Waals surface area (Å²) in [5.41, 5.74) is 17.3. The van der Waals surface area contributed by atoms with Gasteiger partial charge < -0.3 is 19.3 Å². The number of carbonyl (C=O) groups is 8. The molecule has 4 amide bonds. The normalized spacial score (nSPS) is 10.6. The van der Waals surface area contributed by atoms with Crippen LogP contribution >= 0.6 is 0 Å². The van der Waals surface area contributed by atoms with Crippen molar-refractivity contribution < 1.29 is 65.4 Å². The van der Waals surface area contributed by atoms with Crippen LogP contribution in [0.1, 0.15) is 166 Å². The fraction of sp³-hybridized carbons (Fsp3) is 0.260. The number of hydrogen-bond acceptors (Lipinski definition) is 16. The average molecular weight is 1680 g/mol. The van der Waals surface area contributed by atoms with Gasteiger partial charge in [-0.1, -0.05) is 135 Å². The Hall–Kier alpha value is -13.9. The third-order valence-corrected chi connectivity index (χ3v) is 20.7. The molecule has 0 aliphatic carbocycles. The van der Waals surface area contributed by atoms with Gasteiger partial charge in [-0.05, 0) is 215 Å². The lowest BCUT2D eigenvalue weighted by Crippen LogP contribution is -2.27. The molecule has 0 unspecified atom stereocenters. The van der Waals surface area contributed by atoms with Crippen molar-refractivity contribution in [1.82, 2.24) is 29.9 Å². The van der Waals surface area contributed by atoms with Gasteiger partial charge in [0, 0.05) is 153 Å². The van der Waals surface area contributed by atoms with Crippen LogP contribution in [0.4, 0.5) is 49.9 Å². The maximum absolute atomic E-state index is 14.6. The number of nitrogens with zero attached hydrogens (tertiary/aromatic N) is 10. The zero-order valence-corrected chi connectivity index (χ0v) is 71.9. The summed E-state index contributed by atoms with van der Waals surface area (Å²) in [4.78, 5) is 128. The second-order valence-corrected chi connectivity index (χ2v) is 29.3. The predicted molar refractivity (Wildman–Crippen MR) is 477 cm³/mol. The molecule has 6 aromatic heterocycles. The van der Waals surface area contributed by atoms with E-state index in [4.69, 9.17) is 9.47 Å². The lowest BCUT2D eigenvalue weighted by Gasteiger charge is -2.17. The SMILES string of the molecule is CCCC(=O)N(C)c1ccc(-c2ccc(C(=O)CCc3cccnc3C)cc2)cc1.CCCC(=O)N(C)c1ccc(-c2ccc(C(=O)CCc3cccnc3F)cc2)cc1.CCOC(=O)N(C)c1ccc(-c2ccc(C(=O)CCc3ccc(C)nc3C)nc2)cc1F.CCOC(=O)N(C)c1ccc(-c2ccc(C(=O)CCc3ccc(F)nc3C)nc2)cc1F. The van der Waals surface area contributed by atoms with E-state index in [2.05, 4.69) is 29.9 Å². The Bertz CT molecular complexity index is 5330. The molecule has 12 rings (SSSR count). The molecular weight excluding hydrogens is 1580 g/mol. The van der Waals surface area contributed by atoms with Crippen LogP contribution in [0, 0.1) is 51.2 Å². The molecule has 640 valence electrons. The Balaban J connectivity index is 0.000000187. The summed E-state index contributed by atoms with van der Waals surface area (Å²) >= 11 is 0. The van der Waals surface area contributed by atoms with E-state index in [9.17, 15) is 55.9 Å². The Morgan fingerprint density at radius 1 is 0.339 bits per heavy atom. The first-order valence-electron chi connectivity index (χ1n) is 41.0. The number of pyridine rings is 6. The molecule has 0 aliphatic heterocycles. The van der Waals surface area contributed by atoms with Gasteiger partial charge in [-0.25, -0.2) is 28.3 Å². The van der Waals surface area contributed by atoms with E-state index in [1.54, 1.807) is 124 Å². The molecule has 0 bridgehead atoms. The van der Waals surface area contributed by atoms with E-state index in [0.29, 0.717) is 102 Å². The molecule has 6 aromatic carbocycles. The molecule has 20 nitrogen and oxygen atoms in total. The quantitative estimate of drug-likeness (QED) is 0.0231. The molecule has 0 aliphatic rings. The van der Waals surface area contributed by atoms with Gasteiger partial charge in [0.05, 0.1) is 24.6 Å². The topological polar surface area (TPSA) is 245 Å². The van der Waals surface area contributed by atoms with Crippen molar-refractivity contribution in [2.75, 3.05) is 61.0 Å². The third kappa shape index (κ3) is 26.6. The van der Waals surface area contributed by atoms with Crippen LogP contribution in [0.15, 0.2) is 231 Å². The number of carbonyl (C=O) groups excluding carboxylic acids is 8. The number of benzene rings is 6. The summed E-state index contributed by atoms with van der Waals surface area (Å²) in [6.45, 7) is 15.3. The highest BCUT2D eigenvalue weighted by molar-refractivity contribution is 5.99. The van der Waals surface area contributed by atoms with Crippen molar-refractivity contribution in [1.29, 1.82) is 0 Å². The van der Waals surface area contributed by atoms with Gasteiger partial charge in [0.2, 0.25) is 23.7 Å². The molecule has 0 atom stereocenters. The van der Waals surface area contributed by atoms with Crippen molar-refractivity contribution in [2.45, 2.75) is 132 Å². The van der Waals surface area contributed by atoms with Crippen LogP contribution in [-0.4, -0.2) is 118 Å². The largest absolute Gasteiger partial charge is 0.449 e. The van der Waals surface area contributed by atoms with E-state index < -0.39 is 35.7 Å².